The van der Waals surface area contributed by atoms with Crippen molar-refractivity contribution in [3.8, 4) is 0 Å². The lowest BCUT2D eigenvalue weighted by atomic mass is 9.79. The van der Waals surface area contributed by atoms with Gasteiger partial charge in [-0.05, 0) is 11.0 Å². The number of hydrogen-bond donors (Lipinski definition) is 2. The largest absolute Gasteiger partial charge is 0.488 e. The van der Waals surface area contributed by atoms with Crippen LogP contribution in [0.1, 0.15) is 11.5 Å². The van der Waals surface area contributed by atoms with Crippen LogP contribution in [0, 0.1) is 0 Å². The first kappa shape index (κ1) is 14.8. The van der Waals surface area contributed by atoms with E-state index in [0.717, 1.165) is 12.1 Å². The van der Waals surface area contributed by atoms with Gasteiger partial charge < -0.3 is 10.0 Å². The Morgan fingerprint density at radius 3 is 1.50 bits per heavy atom. The highest BCUT2D eigenvalue weighted by Crippen LogP contribution is 2.45. The second-order valence-corrected chi connectivity index (χ2v) is 3.56. The molecule has 1 aromatic rings. The highest BCUT2D eigenvalue weighted by molar-refractivity contribution is 6.58. The zero-order chi connectivity index (χ0) is 14.1. The van der Waals surface area contributed by atoms with Crippen LogP contribution in [-0.4, -0.2) is 29.5 Å². The van der Waals surface area contributed by atoms with Gasteiger partial charge in [0.1, 0.15) is 0 Å². The Bertz CT molecular complexity index is 383. The Labute approximate surface area is 98.0 Å². The maximum atomic E-state index is 12.3. The molecule has 0 aliphatic rings. The van der Waals surface area contributed by atoms with Crippen molar-refractivity contribution >= 4 is 12.6 Å². The fourth-order valence-electron chi connectivity index (χ4n) is 1.42. The summed E-state index contributed by atoms with van der Waals surface area (Å²) in [6.45, 7) is 0. The van der Waals surface area contributed by atoms with Gasteiger partial charge in [-0.1, -0.05) is 24.3 Å². The monoisotopic (exact) mass is 272 g/mol. The van der Waals surface area contributed by atoms with E-state index in [4.69, 9.17) is 10.0 Å². The highest BCUT2D eigenvalue weighted by atomic mass is 19.4. The van der Waals surface area contributed by atoms with Crippen molar-refractivity contribution < 1.29 is 36.4 Å². The van der Waals surface area contributed by atoms with Crippen LogP contribution in [0.15, 0.2) is 24.3 Å². The fraction of sp³-hybridized carbons (Fsp3) is 0.333. The summed E-state index contributed by atoms with van der Waals surface area (Å²) >= 11 is 0. The molecule has 0 saturated carbocycles. The molecule has 2 nitrogen and oxygen atoms in total. The first-order chi connectivity index (χ1) is 8.03. The average Bonchev–Trinajstić information content (AvgIpc) is 2.13. The third-order valence-electron chi connectivity index (χ3n) is 2.22. The summed E-state index contributed by atoms with van der Waals surface area (Å²) in [6.07, 6.45) is -10.9. The predicted molar refractivity (Wildman–Crippen MR) is 51.1 cm³/mol. The maximum Gasteiger partial charge on any atom is 0.488 e. The van der Waals surface area contributed by atoms with Crippen LogP contribution in [0.25, 0.3) is 0 Å². The molecule has 1 rings (SSSR count). The van der Waals surface area contributed by atoms with Gasteiger partial charge >= 0.3 is 19.5 Å². The van der Waals surface area contributed by atoms with E-state index in [2.05, 4.69) is 0 Å². The Balaban J connectivity index is 3.16. The van der Waals surface area contributed by atoms with Crippen LogP contribution < -0.4 is 5.46 Å². The Hall–Kier alpha value is -1.22. The van der Waals surface area contributed by atoms with Gasteiger partial charge in [-0.2, -0.15) is 26.3 Å². The molecule has 0 amide bonds. The van der Waals surface area contributed by atoms with Crippen LogP contribution in [0.5, 0.6) is 0 Å². The molecule has 1 aromatic carbocycles. The molecule has 0 saturated heterocycles. The van der Waals surface area contributed by atoms with E-state index in [1.165, 1.54) is 0 Å². The zero-order valence-corrected chi connectivity index (χ0v) is 8.63. The minimum absolute atomic E-state index is 0.193. The first-order valence-corrected chi connectivity index (χ1v) is 4.63. The van der Waals surface area contributed by atoms with Crippen molar-refractivity contribution in [2.24, 2.45) is 0 Å². The van der Waals surface area contributed by atoms with Gasteiger partial charge in [0.05, 0.1) is 0 Å². The Morgan fingerprint density at radius 2 is 1.22 bits per heavy atom. The van der Waals surface area contributed by atoms with E-state index >= 15 is 0 Å². The van der Waals surface area contributed by atoms with Gasteiger partial charge in [0, 0.05) is 0 Å². The molecule has 0 aromatic heterocycles. The van der Waals surface area contributed by atoms with E-state index in [9.17, 15) is 26.3 Å². The maximum absolute atomic E-state index is 12.3. The molecule has 100 valence electrons. The summed E-state index contributed by atoms with van der Waals surface area (Å²) in [4.78, 5) is 0. The number of alkyl halides is 6. The minimum atomic E-state index is -5.46. The quantitative estimate of drug-likeness (QED) is 0.633. The summed E-state index contributed by atoms with van der Waals surface area (Å²) in [5.74, 6) is -3.59. The molecule has 0 spiro atoms. The summed E-state index contributed by atoms with van der Waals surface area (Å²) in [5, 5.41) is 17.4. The van der Waals surface area contributed by atoms with Crippen LogP contribution in [-0.2, 0) is 0 Å². The zero-order valence-electron chi connectivity index (χ0n) is 8.63. The van der Waals surface area contributed by atoms with Gasteiger partial charge in [-0.25, -0.2) is 0 Å². The molecule has 0 heterocycles. The third kappa shape index (κ3) is 3.39. The van der Waals surface area contributed by atoms with E-state index < -0.39 is 31.0 Å². The molecule has 0 fully saturated rings. The summed E-state index contributed by atoms with van der Waals surface area (Å²) in [6, 6.07) is 2.73. The van der Waals surface area contributed by atoms with Gasteiger partial charge in [-0.3, -0.25) is 0 Å². The van der Waals surface area contributed by atoms with Crippen molar-refractivity contribution in [3.05, 3.63) is 29.8 Å². The second-order valence-electron chi connectivity index (χ2n) is 3.56. The minimum Gasteiger partial charge on any atom is -0.423 e. The third-order valence-corrected chi connectivity index (χ3v) is 2.22. The van der Waals surface area contributed by atoms with Gasteiger partial charge in [0.25, 0.3) is 0 Å². The second kappa shape index (κ2) is 4.81. The van der Waals surface area contributed by atoms with Crippen molar-refractivity contribution in [1.82, 2.24) is 0 Å². The standard InChI is InChI=1S/C9H7BF6O2/c11-8(12,13)7(9(14,15)16)5-1-3-6(4-2-5)10(17)18/h1-4,7,17-18H. The number of hydrogen-bond acceptors (Lipinski definition) is 2. The molecule has 18 heavy (non-hydrogen) atoms. The van der Waals surface area contributed by atoms with Gasteiger partial charge in [0.2, 0.25) is 0 Å². The molecule has 0 aliphatic carbocycles. The molecule has 0 atom stereocenters. The normalized spacial score (nSPS) is 12.9. The summed E-state index contributed by atoms with van der Waals surface area (Å²) in [7, 11) is -1.95. The van der Waals surface area contributed by atoms with Crippen LogP contribution in [0.4, 0.5) is 26.3 Å². The molecule has 0 unspecified atom stereocenters. The number of halogens is 6. The summed E-state index contributed by atoms with van der Waals surface area (Å²) in [5.41, 5.74) is -1.19. The smallest absolute Gasteiger partial charge is 0.423 e. The van der Waals surface area contributed by atoms with E-state index in [1.54, 1.807) is 0 Å². The lowest BCUT2D eigenvalue weighted by molar-refractivity contribution is -0.253. The lowest BCUT2D eigenvalue weighted by Gasteiger charge is -2.23. The van der Waals surface area contributed by atoms with Gasteiger partial charge in [-0.15, -0.1) is 0 Å². The van der Waals surface area contributed by atoms with Crippen LogP contribution in [0.2, 0.25) is 0 Å². The average molecular weight is 272 g/mol. The molecular formula is C9H7BF6O2. The topological polar surface area (TPSA) is 40.5 Å². The highest BCUT2D eigenvalue weighted by Gasteiger charge is 2.57. The predicted octanol–water partition coefficient (Wildman–Crippen LogP) is 1.57. The van der Waals surface area contributed by atoms with Crippen molar-refractivity contribution in [2.45, 2.75) is 18.3 Å². The van der Waals surface area contributed by atoms with E-state index in [-0.39, 0.29) is 5.46 Å². The first-order valence-electron chi connectivity index (χ1n) is 4.63. The molecule has 0 bridgehead atoms. The van der Waals surface area contributed by atoms with Crippen molar-refractivity contribution in [3.63, 3.8) is 0 Å². The Kier molecular flexibility index (Phi) is 3.97. The Morgan fingerprint density at radius 1 is 0.833 bits per heavy atom. The molecular weight excluding hydrogens is 265 g/mol. The van der Waals surface area contributed by atoms with Crippen LogP contribution >= 0.6 is 0 Å². The molecule has 9 heteroatoms. The van der Waals surface area contributed by atoms with Crippen molar-refractivity contribution in [2.75, 3.05) is 0 Å². The lowest BCUT2D eigenvalue weighted by Crippen LogP contribution is -2.35. The van der Waals surface area contributed by atoms with Crippen molar-refractivity contribution in [1.29, 1.82) is 0 Å². The van der Waals surface area contributed by atoms with Crippen LogP contribution in [0.3, 0.4) is 0 Å². The SMILES string of the molecule is OB(O)c1ccc(C(C(F)(F)F)C(F)(F)F)cc1. The van der Waals surface area contributed by atoms with Gasteiger partial charge in [0.15, 0.2) is 5.92 Å². The molecule has 0 radical (unpaired) electrons. The molecule has 0 aliphatic heterocycles. The van der Waals surface area contributed by atoms with E-state index in [0.29, 0.717) is 12.1 Å². The number of rotatable bonds is 2. The van der Waals surface area contributed by atoms with E-state index in [1.807, 2.05) is 0 Å². The fourth-order valence-corrected chi connectivity index (χ4v) is 1.42. The molecule has 2 N–H and O–H groups in total. The summed E-state index contributed by atoms with van der Waals surface area (Å²) < 4.78 is 74.1. The number of benzene rings is 1.